The molecule has 1 atom stereocenters. The van der Waals surface area contributed by atoms with Crippen molar-refractivity contribution in [2.45, 2.75) is 45.8 Å². The van der Waals surface area contributed by atoms with E-state index in [0.717, 1.165) is 12.0 Å². The van der Waals surface area contributed by atoms with Crippen molar-refractivity contribution in [3.8, 4) is 5.75 Å². The second-order valence-electron chi connectivity index (χ2n) is 7.08. The van der Waals surface area contributed by atoms with Crippen LogP contribution in [0.4, 0.5) is 0 Å². The molecule has 0 spiro atoms. The van der Waals surface area contributed by atoms with Crippen LogP contribution in [0, 0.1) is 0 Å². The number of carbonyl (C=O) groups is 3. The van der Waals surface area contributed by atoms with Crippen molar-refractivity contribution in [2.24, 2.45) is 0 Å². The normalized spacial score (nSPS) is 11.1. The molecule has 0 aliphatic rings. The zero-order valence-corrected chi connectivity index (χ0v) is 19.0. The number of rotatable bonds is 9. The number of hydrazine groups is 1. The molecule has 9 heteroatoms. The van der Waals surface area contributed by atoms with Crippen molar-refractivity contribution in [3.63, 3.8) is 0 Å². The van der Waals surface area contributed by atoms with Crippen LogP contribution in [0.25, 0.3) is 0 Å². The molecule has 3 amide bonds. The Morgan fingerprint density at radius 1 is 0.938 bits per heavy atom. The minimum Gasteiger partial charge on any atom is -0.491 e. The van der Waals surface area contributed by atoms with Gasteiger partial charge in [-0.1, -0.05) is 37.3 Å². The molecule has 0 saturated heterocycles. The van der Waals surface area contributed by atoms with Crippen molar-refractivity contribution in [1.29, 1.82) is 0 Å². The van der Waals surface area contributed by atoms with E-state index in [1.807, 2.05) is 44.2 Å². The topological polar surface area (TPSA) is 109 Å². The highest BCUT2D eigenvalue weighted by atomic mass is 32.1. The van der Waals surface area contributed by atoms with Crippen LogP contribution in [-0.4, -0.2) is 28.9 Å². The predicted molar refractivity (Wildman–Crippen MR) is 126 cm³/mol. The lowest BCUT2D eigenvalue weighted by molar-refractivity contribution is -0.126. The van der Waals surface area contributed by atoms with Crippen molar-refractivity contribution in [1.82, 2.24) is 21.5 Å². The van der Waals surface area contributed by atoms with Gasteiger partial charge in [0, 0.05) is 24.9 Å². The Kier molecular flexibility index (Phi) is 10.1. The fourth-order valence-corrected chi connectivity index (χ4v) is 2.65. The van der Waals surface area contributed by atoms with E-state index < -0.39 is 11.8 Å². The predicted octanol–water partition coefficient (Wildman–Crippen LogP) is 2.60. The maximum atomic E-state index is 12.2. The van der Waals surface area contributed by atoms with Crippen molar-refractivity contribution < 1.29 is 19.1 Å². The summed E-state index contributed by atoms with van der Waals surface area (Å²) in [6.07, 6.45) is 0.975. The number of benzene rings is 2. The molecule has 1 unspecified atom stereocenters. The molecule has 0 radical (unpaired) electrons. The highest BCUT2D eigenvalue weighted by Gasteiger charge is 2.11. The van der Waals surface area contributed by atoms with Crippen LogP contribution in [0.2, 0.25) is 0 Å². The first kappa shape index (κ1) is 24.8. The van der Waals surface area contributed by atoms with E-state index in [-0.39, 0.29) is 30.0 Å². The Bertz CT molecular complexity index is 919. The van der Waals surface area contributed by atoms with Gasteiger partial charge in [-0.05, 0) is 55.4 Å². The molecular weight excluding hydrogens is 428 g/mol. The average molecular weight is 457 g/mol. The molecule has 8 nitrogen and oxygen atoms in total. The second kappa shape index (κ2) is 13.1. The molecule has 0 aliphatic heterocycles. The standard InChI is InChI=1S/C23H28N4O4S/c1-3-16(2)31-19-11-9-18(10-12-19)22(30)25-23(32)27-26-21(29)14-13-20(28)24-15-17-7-5-4-6-8-17/h4-12,16H,3,13-15H2,1-2H3,(H,24,28)(H,26,29)(H2,25,27,30,32). The van der Waals surface area contributed by atoms with Crippen molar-refractivity contribution >= 4 is 35.1 Å². The van der Waals surface area contributed by atoms with Crippen LogP contribution < -0.4 is 26.2 Å². The zero-order chi connectivity index (χ0) is 23.3. The van der Waals surface area contributed by atoms with Gasteiger partial charge in [-0.2, -0.15) is 0 Å². The minimum atomic E-state index is -0.428. The monoisotopic (exact) mass is 456 g/mol. The van der Waals surface area contributed by atoms with E-state index in [4.69, 9.17) is 17.0 Å². The smallest absolute Gasteiger partial charge is 0.257 e. The molecule has 2 rings (SSSR count). The number of nitrogens with one attached hydrogen (secondary N) is 4. The zero-order valence-electron chi connectivity index (χ0n) is 18.1. The van der Waals surface area contributed by atoms with Crippen molar-refractivity contribution in [3.05, 3.63) is 65.7 Å². The third-order valence-electron chi connectivity index (χ3n) is 4.48. The first-order valence-corrected chi connectivity index (χ1v) is 10.8. The summed E-state index contributed by atoms with van der Waals surface area (Å²) in [7, 11) is 0. The molecule has 0 aromatic heterocycles. The number of carbonyl (C=O) groups excluding carboxylic acids is 3. The number of hydrogen-bond donors (Lipinski definition) is 4. The van der Waals surface area contributed by atoms with Crippen molar-refractivity contribution in [2.75, 3.05) is 0 Å². The largest absolute Gasteiger partial charge is 0.491 e. The summed E-state index contributed by atoms with van der Waals surface area (Å²) in [6, 6.07) is 16.2. The van der Waals surface area contributed by atoms with Crippen LogP contribution >= 0.6 is 12.2 Å². The lowest BCUT2D eigenvalue weighted by Crippen LogP contribution is -2.48. The third-order valence-corrected chi connectivity index (χ3v) is 4.69. The fraction of sp³-hybridized carbons (Fsp3) is 0.304. The number of hydrogen-bond acceptors (Lipinski definition) is 5. The van der Waals surface area contributed by atoms with E-state index >= 15 is 0 Å². The van der Waals surface area contributed by atoms with Gasteiger partial charge >= 0.3 is 0 Å². The molecule has 0 fully saturated rings. The second-order valence-corrected chi connectivity index (χ2v) is 7.49. The van der Waals surface area contributed by atoms with E-state index in [2.05, 4.69) is 21.5 Å². The molecule has 0 heterocycles. The summed E-state index contributed by atoms with van der Waals surface area (Å²) in [4.78, 5) is 36.0. The van der Waals surface area contributed by atoms with Gasteiger partial charge in [0.25, 0.3) is 5.91 Å². The van der Waals surface area contributed by atoms with E-state index in [9.17, 15) is 14.4 Å². The van der Waals surface area contributed by atoms with Crippen LogP contribution in [0.3, 0.4) is 0 Å². The van der Waals surface area contributed by atoms with Crippen LogP contribution in [-0.2, 0) is 16.1 Å². The maximum absolute atomic E-state index is 12.2. The Morgan fingerprint density at radius 2 is 1.59 bits per heavy atom. The fourth-order valence-electron chi connectivity index (χ4n) is 2.51. The van der Waals surface area contributed by atoms with E-state index in [0.29, 0.717) is 17.9 Å². The van der Waals surface area contributed by atoms with Gasteiger partial charge in [-0.3, -0.25) is 30.6 Å². The van der Waals surface area contributed by atoms with Gasteiger partial charge in [0.1, 0.15) is 5.75 Å². The van der Waals surface area contributed by atoms with Gasteiger partial charge in [0.2, 0.25) is 11.8 Å². The SMILES string of the molecule is CCC(C)Oc1ccc(C(=O)NC(=S)NNC(=O)CCC(=O)NCc2ccccc2)cc1. The summed E-state index contributed by atoms with van der Waals surface area (Å²) in [6.45, 7) is 4.40. The molecule has 0 bridgehead atoms. The lowest BCUT2D eigenvalue weighted by atomic mass is 10.2. The molecule has 170 valence electrons. The summed E-state index contributed by atoms with van der Waals surface area (Å²) in [5, 5.41) is 5.16. The Morgan fingerprint density at radius 3 is 2.25 bits per heavy atom. The highest BCUT2D eigenvalue weighted by Crippen LogP contribution is 2.14. The Labute approximate surface area is 193 Å². The van der Waals surface area contributed by atoms with Gasteiger partial charge in [-0.15, -0.1) is 0 Å². The summed E-state index contributed by atoms with van der Waals surface area (Å²) >= 11 is 5.02. The summed E-state index contributed by atoms with van der Waals surface area (Å²) < 4.78 is 5.68. The molecule has 0 saturated carbocycles. The molecule has 2 aromatic carbocycles. The maximum Gasteiger partial charge on any atom is 0.257 e. The first-order chi connectivity index (χ1) is 15.4. The highest BCUT2D eigenvalue weighted by molar-refractivity contribution is 7.80. The molecule has 0 aliphatic carbocycles. The van der Waals surface area contributed by atoms with Gasteiger partial charge < -0.3 is 10.1 Å². The quantitative estimate of drug-likeness (QED) is 0.341. The number of amides is 3. The molecule has 2 aromatic rings. The first-order valence-electron chi connectivity index (χ1n) is 10.3. The van der Waals surface area contributed by atoms with Crippen LogP contribution in [0.5, 0.6) is 5.75 Å². The molecule has 32 heavy (non-hydrogen) atoms. The number of ether oxygens (including phenoxy) is 1. The van der Waals surface area contributed by atoms with Gasteiger partial charge in [0.05, 0.1) is 6.10 Å². The van der Waals surface area contributed by atoms with Gasteiger partial charge in [0.15, 0.2) is 5.11 Å². The average Bonchev–Trinajstić information content (AvgIpc) is 2.81. The van der Waals surface area contributed by atoms with Crippen LogP contribution in [0.1, 0.15) is 49.0 Å². The summed E-state index contributed by atoms with van der Waals surface area (Å²) in [5.74, 6) is -0.410. The number of thiocarbonyl (C=S) groups is 1. The lowest BCUT2D eigenvalue weighted by Gasteiger charge is -2.13. The summed E-state index contributed by atoms with van der Waals surface area (Å²) in [5.41, 5.74) is 6.19. The van der Waals surface area contributed by atoms with Gasteiger partial charge in [-0.25, -0.2) is 0 Å². The Hall–Kier alpha value is -3.46. The van der Waals surface area contributed by atoms with E-state index in [1.165, 1.54) is 0 Å². The Balaban J connectivity index is 1.65. The molecular formula is C23H28N4O4S. The van der Waals surface area contributed by atoms with E-state index in [1.54, 1.807) is 24.3 Å². The molecule has 4 N–H and O–H groups in total. The minimum absolute atomic E-state index is 0.0260. The van der Waals surface area contributed by atoms with Crippen LogP contribution in [0.15, 0.2) is 54.6 Å². The third kappa shape index (κ3) is 9.13.